The number of pyridine rings is 1. The number of hydrogen-bond acceptors (Lipinski definition) is 6. The van der Waals surface area contributed by atoms with Gasteiger partial charge in [0, 0.05) is 37.5 Å². The van der Waals surface area contributed by atoms with Crippen LogP contribution in [0, 0.1) is 0 Å². The number of carbonyl (C=O) groups is 3. The van der Waals surface area contributed by atoms with Crippen LogP contribution in [0.2, 0.25) is 5.02 Å². The summed E-state index contributed by atoms with van der Waals surface area (Å²) >= 11 is 6.48. The minimum absolute atomic E-state index is 0. The normalized spacial score (nSPS) is 15.3. The topological polar surface area (TPSA) is 118 Å². The Labute approximate surface area is 274 Å². The monoisotopic (exact) mass is 579 g/mol. The number of piperidine rings is 1. The van der Waals surface area contributed by atoms with Gasteiger partial charge >= 0.3 is 63.4 Å². The number of carboxylic acids is 1. The molecule has 1 aliphatic heterocycles. The Morgan fingerprint density at radius 3 is 2.46 bits per heavy atom. The Balaban J connectivity index is 0.00000420. The summed E-state index contributed by atoms with van der Waals surface area (Å²) in [5.74, 6) is -1.12. The van der Waals surface area contributed by atoms with E-state index in [-0.39, 0.29) is 75.6 Å². The second-order valence-corrected chi connectivity index (χ2v) is 10.5. The zero-order chi connectivity index (χ0) is 27.6. The van der Waals surface area contributed by atoms with Crippen molar-refractivity contribution in [1.82, 2.24) is 19.7 Å². The van der Waals surface area contributed by atoms with Crippen molar-refractivity contribution in [3.8, 4) is 11.1 Å². The van der Waals surface area contributed by atoms with E-state index >= 15 is 0 Å². The Hall–Kier alpha value is -2.28. The van der Waals surface area contributed by atoms with Crippen LogP contribution in [0.5, 0.6) is 0 Å². The van der Waals surface area contributed by atoms with Crippen molar-refractivity contribution in [2.45, 2.75) is 45.3 Å². The molecule has 2 aromatic heterocycles. The van der Waals surface area contributed by atoms with E-state index in [2.05, 4.69) is 10.1 Å². The number of halogens is 1. The van der Waals surface area contributed by atoms with Gasteiger partial charge < -0.3 is 14.7 Å². The van der Waals surface area contributed by atoms with Crippen LogP contribution < -0.4 is 4.90 Å². The summed E-state index contributed by atoms with van der Waals surface area (Å²) in [6.45, 7) is 6.22. The number of aromatic carboxylic acids is 1. The Morgan fingerprint density at radius 2 is 1.85 bits per heavy atom. The number of hydrogen-bond donors (Lipinski definition) is 1. The molecule has 0 unspecified atom stereocenters. The maximum absolute atomic E-state index is 13.9. The molecule has 3 aromatic rings. The van der Waals surface area contributed by atoms with Gasteiger partial charge in [0.15, 0.2) is 11.5 Å². The molecule has 10 nitrogen and oxygen atoms in total. The molecule has 0 radical (unpaired) electrons. The van der Waals surface area contributed by atoms with E-state index < -0.39 is 17.7 Å². The molecule has 0 spiro atoms. The molecule has 1 N–H and O–H groups in total. The zero-order valence-electron chi connectivity index (χ0n) is 21.7. The second kappa shape index (κ2) is 12.9. The molecule has 1 aromatic carbocycles. The van der Waals surface area contributed by atoms with Crippen LogP contribution in [0.1, 0.15) is 54.5 Å². The molecule has 1 aliphatic rings. The molecule has 0 aliphatic carbocycles. The third-order valence-electron chi connectivity index (χ3n) is 6.18. The standard InChI is InChI=1S/C27H30ClN5O5.K.H/c1-27(2,3)38-26(37)32-14-6-7-19(16-32)33(23-21(28)8-5-13-29-23)24(34)18-11-9-17(10-12-18)20-15-30-31(4)22(20)25(35)36;;/h5,8-13,15,19H,6-7,14,16H2,1-4H3,(H,35,36);;/t19-;;/m1../s1. The van der Waals surface area contributed by atoms with Crippen molar-refractivity contribution >= 4 is 86.8 Å². The van der Waals surface area contributed by atoms with Gasteiger partial charge in [-0.3, -0.25) is 14.4 Å². The fraction of sp³-hybridized carbons (Fsp3) is 0.370. The first-order valence-electron chi connectivity index (χ1n) is 12.2. The van der Waals surface area contributed by atoms with Crippen molar-refractivity contribution < 1.29 is 24.2 Å². The summed E-state index contributed by atoms with van der Waals surface area (Å²) in [4.78, 5) is 45.9. The number of benzene rings is 1. The second-order valence-electron chi connectivity index (χ2n) is 10.1. The average molecular weight is 580 g/mol. The van der Waals surface area contributed by atoms with Crippen LogP contribution >= 0.6 is 11.6 Å². The zero-order valence-corrected chi connectivity index (χ0v) is 22.5. The van der Waals surface area contributed by atoms with Crippen molar-refractivity contribution in [3.63, 3.8) is 0 Å². The Bertz CT molecular complexity index is 1360. The summed E-state index contributed by atoms with van der Waals surface area (Å²) in [7, 11) is 1.56. The van der Waals surface area contributed by atoms with Gasteiger partial charge in [-0.25, -0.2) is 14.6 Å². The van der Waals surface area contributed by atoms with Crippen molar-refractivity contribution in [3.05, 3.63) is 65.1 Å². The van der Waals surface area contributed by atoms with E-state index in [1.54, 1.807) is 59.4 Å². The van der Waals surface area contributed by atoms with Gasteiger partial charge in [-0.1, -0.05) is 23.7 Å². The third-order valence-corrected chi connectivity index (χ3v) is 6.48. The summed E-state index contributed by atoms with van der Waals surface area (Å²) in [5, 5.41) is 13.9. The summed E-state index contributed by atoms with van der Waals surface area (Å²) < 4.78 is 6.85. The van der Waals surface area contributed by atoms with Crippen LogP contribution in [0.3, 0.4) is 0 Å². The van der Waals surface area contributed by atoms with Crippen LogP contribution in [0.25, 0.3) is 11.1 Å². The number of amides is 2. The first kappa shape index (κ1) is 31.2. The van der Waals surface area contributed by atoms with Gasteiger partial charge in [-0.2, -0.15) is 5.10 Å². The Kier molecular flexibility index (Phi) is 10.4. The van der Waals surface area contributed by atoms with E-state index in [9.17, 15) is 19.5 Å². The molecule has 12 heteroatoms. The van der Waals surface area contributed by atoms with Crippen LogP contribution in [-0.2, 0) is 11.8 Å². The summed E-state index contributed by atoms with van der Waals surface area (Å²) in [5.41, 5.74) is 0.841. The predicted octanol–water partition coefficient (Wildman–Crippen LogP) is 4.23. The number of anilines is 1. The predicted molar refractivity (Wildman–Crippen MR) is 150 cm³/mol. The van der Waals surface area contributed by atoms with Crippen LogP contribution in [0.15, 0.2) is 48.8 Å². The summed E-state index contributed by atoms with van der Waals surface area (Å²) in [6, 6.07) is 9.60. The number of nitrogens with zero attached hydrogens (tertiary/aromatic N) is 5. The van der Waals surface area contributed by atoms with Gasteiger partial charge in [0.25, 0.3) is 5.91 Å². The molecule has 202 valence electrons. The molecule has 4 rings (SSSR count). The van der Waals surface area contributed by atoms with E-state index in [0.29, 0.717) is 46.9 Å². The number of ether oxygens (including phenoxy) is 1. The molecule has 0 bridgehead atoms. The van der Waals surface area contributed by atoms with Gasteiger partial charge in [-0.15, -0.1) is 0 Å². The number of aromatic nitrogens is 3. The van der Waals surface area contributed by atoms with Gasteiger partial charge in [0.1, 0.15) is 5.60 Å². The van der Waals surface area contributed by atoms with E-state index in [1.807, 2.05) is 20.8 Å². The van der Waals surface area contributed by atoms with Crippen molar-refractivity contribution in [2.75, 3.05) is 18.0 Å². The van der Waals surface area contributed by atoms with Crippen molar-refractivity contribution in [1.29, 1.82) is 0 Å². The average Bonchev–Trinajstić information content (AvgIpc) is 3.26. The molecule has 2 amide bonds. The van der Waals surface area contributed by atoms with Gasteiger partial charge in [0.05, 0.1) is 17.3 Å². The quantitative estimate of drug-likeness (QED) is 0.449. The molecule has 1 atom stereocenters. The third kappa shape index (κ3) is 7.27. The maximum atomic E-state index is 13.9. The van der Waals surface area contributed by atoms with Crippen molar-refractivity contribution in [2.24, 2.45) is 7.05 Å². The summed E-state index contributed by atoms with van der Waals surface area (Å²) in [6.07, 6.45) is 3.93. The first-order chi connectivity index (χ1) is 18.0. The minimum atomic E-state index is -1.09. The number of likely N-dealkylation sites (tertiary alicyclic amines) is 1. The van der Waals surface area contributed by atoms with Crippen LogP contribution in [0.4, 0.5) is 10.6 Å². The molecule has 39 heavy (non-hydrogen) atoms. The number of rotatable bonds is 5. The first-order valence-corrected chi connectivity index (χ1v) is 12.6. The van der Waals surface area contributed by atoms with E-state index in [4.69, 9.17) is 16.3 Å². The fourth-order valence-corrected chi connectivity index (χ4v) is 4.69. The number of aryl methyl sites for hydroxylation is 1. The molecular weight excluding hydrogens is 549 g/mol. The molecule has 1 saturated heterocycles. The van der Waals surface area contributed by atoms with Gasteiger partial charge in [0.2, 0.25) is 0 Å². The van der Waals surface area contributed by atoms with Gasteiger partial charge in [-0.05, 0) is 63.4 Å². The van der Waals surface area contributed by atoms with E-state index in [0.717, 1.165) is 0 Å². The molecule has 3 heterocycles. The molecular formula is C27H31ClKN5O5. The van der Waals surface area contributed by atoms with Crippen LogP contribution in [-0.4, -0.2) is 119 Å². The number of carbonyl (C=O) groups excluding carboxylic acids is 2. The SMILES string of the molecule is Cn1ncc(-c2ccc(C(=O)N(c3ncccc3Cl)[C@@H]3CCCN(C(=O)OC(C)(C)C)C3)cc2)c1C(=O)O.[KH]. The fourth-order valence-electron chi connectivity index (χ4n) is 4.48. The van der Waals surface area contributed by atoms with E-state index in [1.165, 1.54) is 10.9 Å². The molecule has 1 fully saturated rings. The Morgan fingerprint density at radius 1 is 1.15 bits per heavy atom. The number of carboxylic acid groups (broad SMARTS) is 1. The molecule has 0 saturated carbocycles.